The highest BCUT2D eigenvalue weighted by Crippen LogP contribution is 2.51. The summed E-state index contributed by atoms with van der Waals surface area (Å²) >= 11 is 0. The summed E-state index contributed by atoms with van der Waals surface area (Å²) in [5.41, 5.74) is -1.29. The average Bonchev–Trinajstić information content (AvgIpc) is 3.19. The van der Waals surface area contributed by atoms with Crippen LogP contribution in [-0.4, -0.2) is 68.9 Å². The molecule has 0 aliphatic heterocycles. The largest absolute Gasteiger partial charge is 0.465 e. The van der Waals surface area contributed by atoms with Gasteiger partial charge in [0.1, 0.15) is 0 Å². The summed E-state index contributed by atoms with van der Waals surface area (Å²) in [6.07, 6.45) is 1.79. The molecule has 67 heavy (non-hydrogen) atoms. The first-order valence-electron chi connectivity index (χ1n) is 25.8. The van der Waals surface area contributed by atoms with E-state index in [-0.39, 0.29) is 80.7 Å². The molecule has 2 aromatic carbocycles. The molecule has 1 aliphatic carbocycles. The van der Waals surface area contributed by atoms with Crippen LogP contribution in [0.3, 0.4) is 0 Å². The van der Waals surface area contributed by atoms with Crippen molar-refractivity contribution in [2.24, 2.45) is 52.3 Å². The summed E-state index contributed by atoms with van der Waals surface area (Å²) in [4.78, 5) is 27.6. The van der Waals surface area contributed by atoms with Gasteiger partial charge in [-0.1, -0.05) is 144 Å². The van der Waals surface area contributed by atoms with Gasteiger partial charge >= 0.3 is 11.9 Å². The number of benzene rings is 2. The van der Waals surface area contributed by atoms with E-state index in [2.05, 4.69) is 177 Å². The highest BCUT2D eigenvalue weighted by Gasteiger charge is 2.55. The summed E-state index contributed by atoms with van der Waals surface area (Å²) in [5, 5.41) is 2.40. The lowest BCUT2D eigenvalue weighted by Gasteiger charge is -2.53. The molecule has 10 heteroatoms. The van der Waals surface area contributed by atoms with Gasteiger partial charge < -0.3 is 22.8 Å². The summed E-state index contributed by atoms with van der Waals surface area (Å²) < 4.78 is 35.5. The van der Waals surface area contributed by atoms with Crippen molar-refractivity contribution in [1.29, 1.82) is 0 Å². The van der Waals surface area contributed by atoms with Crippen LogP contribution in [0.4, 0.5) is 0 Å². The van der Waals surface area contributed by atoms with Crippen molar-refractivity contribution in [3.63, 3.8) is 0 Å². The predicted octanol–water partition coefficient (Wildman–Crippen LogP) is 14.1. The average molecular weight is 982 g/mol. The Labute approximate surface area is 414 Å². The highest BCUT2D eigenvalue weighted by molar-refractivity contribution is 6.99. The summed E-state index contributed by atoms with van der Waals surface area (Å²) in [6, 6.07) is 22.0. The number of carbonyl (C=O) groups excluding carboxylic acids is 2. The summed E-state index contributed by atoms with van der Waals surface area (Å²) in [5.74, 6) is 0.319. The van der Waals surface area contributed by atoms with Crippen LogP contribution in [0.5, 0.6) is 0 Å². The molecule has 1 fully saturated rings. The van der Waals surface area contributed by atoms with E-state index in [4.69, 9.17) is 22.8 Å². The Bertz CT molecular complexity index is 1800. The van der Waals surface area contributed by atoms with E-state index in [1.165, 1.54) is 10.4 Å². The second kappa shape index (κ2) is 22.5. The number of hydrogen-bond donors (Lipinski definition) is 0. The van der Waals surface area contributed by atoms with E-state index < -0.39 is 35.8 Å². The monoisotopic (exact) mass is 981 g/mol. The minimum atomic E-state index is -3.01. The molecule has 0 heterocycles. The molecule has 1 saturated carbocycles. The van der Waals surface area contributed by atoms with Crippen molar-refractivity contribution in [2.45, 2.75) is 204 Å². The molecule has 1 unspecified atom stereocenters. The third kappa shape index (κ3) is 15.2. The lowest BCUT2D eigenvalue weighted by atomic mass is 9.59. The van der Waals surface area contributed by atoms with Gasteiger partial charge in [0.25, 0.3) is 8.32 Å². The molecule has 0 aromatic heterocycles. The van der Waals surface area contributed by atoms with Gasteiger partial charge in [0.2, 0.25) is 0 Å². The number of hydrogen-bond acceptors (Lipinski definition) is 7. The Balaban J connectivity index is 2.45. The van der Waals surface area contributed by atoms with Gasteiger partial charge in [-0.25, -0.2) is 0 Å². The summed E-state index contributed by atoms with van der Waals surface area (Å²) in [6.45, 7) is 52.5. The van der Waals surface area contributed by atoms with Crippen LogP contribution < -0.4 is 10.4 Å². The first-order chi connectivity index (χ1) is 30.4. The van der Waals surface area contributed by atoms with Crippen LogP contribution >= 0.6 is 0 Å². The molecular formula is C57H100O7Si3. The van der Waals surface area contributed by atoms with Crippen LogP contribution in [0, 0.1) is 52.3 Å². The maximum Gasteiger partial charge on any atom is 0.311 e. The van der Waals surface area contributed by atoms with Gasteiger partial charge in [-0.2, -0.15) is 0 Å². The standard InChI is InChI=1S/C57H100O7Si3/c1-40(2)49(39-62-66(22,23)56(14,15)16)47(34-42(4)63-52(59)54(8,9)10)48-36-43(64-67(57(17,18)19,44-30-26-24-27-31-44)45-32-28-25-29-33-45)35-46(50(48)38-60-51(58)53(5,6)7)41(3)37-61-65(20,21)55(11,12)13/h24-33,40-43,46-50H,34-39H2,1-23H3/t41-,42?,43-,46+,47-,48-,49-,50-/m1/s1. The van der Waals surface area contributed by atoms with Crippen LogP contribution in [0.25, 0.3) is 0 Å². The van der Waals surface area contributed by atoms with E-state index in [9.17, 15) is 9.59 Å². The first-order valence-corrected chi connectivity index (χ1v) is 33.5. The molecule has 3 rings (SSSR count). The van der Waals surface area contributed by atoms with E-state index in [0.29, 0.717) is 26.2 Å². The first kappa shape index (κ1) is 59.2. The van der Waals surface area contributed by atoms with Gasteiger partial charge in [0.15, 0.2) is 16.6 Å². The topological polar surface area (TPSA) is 80.3 Å². The quantitative estimate of drug-likeness (QED) is 0.102. The number of rotatable bonds is 19. The highest BCUT2D eigenvalue weighted by atomic mass is 28.4. The SMILES string of the molecule is CC(C[C@H]([C@H]1C[C@H](O[Si](c2ccccc2)(c2ccccc2)C(C)(C)C)C[C@@H]([C@H](C)CO[Si](C)(C)C(C)(C)C)[C@H]1COC(=O)C(C)(C)C)[C@H](CO[Si](C)(C)C(C)(C)C)C(C)C)OC(=O)C(C)(C)C. The molecule has 8 atom stereocenters. The lowest BCUT2D eigenvalue weighted by molar-refractivity contribution is -0.163. The van der Waals surface area contributed by atoms with Gasteiger partial charge in [0, 0.05) is 19.3 Å². The van der Waals surface area contributed by atoms with Gasteiger partial charge in [-0.3, -0.25) is 9.59 Å². The van der Waals surface area contributed by atoms with Crippen molar-refractivity contribution >= 4 is 47.3 Å². The fourth-order valence-electron chi connectivity index (χ4n) is 9.66. The van der Waals surface area contributed by atoms with Gasteiger partial charge in [-0.05, 0) is 161 Å². The molecule has 1 aliphatic rings. The van der Waals surface area contributed by atoms with E-state index in [1.807, 2.05) is 41.5 Å². The second-order valence-corrected chi connectivity index (χ2v) is 41.0. The molecule has 7 nitrogen and oxygen atoms in total. The van der Waals surface area contributed by atoms with E-state index in [1.54, 1.807) is 0 Å². The third-order valence-electron chi connectivity index (χ3n) is 16.1. The number of carbonyl (C=O) groups is 2. The van der Waals surface area contributed by atoms with Gasteiger partial charge in [-0.15, -0.1) is 0 Å². The van der Waals surface area contributed by atoms with Crippen molar-refractivity contribution in [3.05, 3.63) is 60.7 Å². The zero-order chi connectivity index (χ0) is 51.4. The Hall–Kier alpha value is -2.09. The molecule has 0 radical (unpaired) electrons. The van der Waals surface area contributed by atoms with Crippen LogP contribution in [-0.2, 0) is 32.3 Å². The van der Waals surface area contributed by atoms with Crippen molar-refractivity contribution in [1.82, 2.24) is 0 Å². The van der Waals surface area contributed by atoms with Crippen molar-refractivity contribution in [3.8, 4) is 0 Å². The molecule has 0 bridgehead atoms. The molecule has 0 amide bonds. The molecule has 0 saturated heterocycles. The van der Waals surface area contributed by atoms with Crippen molar-refractivity contribution < 1.29 is 32.3 Å². The fraction of sp³-hybridized carbons (Fsp3) is 0.754. The molecule has 382 valence electrons. The third-order valence-corrected chi connectivity index (χ3v) is 30.2. The Morgan fingerprint density at radius 2 is 1.03 bits per heavy atom. The molecule has 0 spiro atoms. The Morgan fingerprint density at radius 1 is 0.597 bits per heavy atom. The second-order valence-electron chi connectivity index (χ2n) is 27.1. The normalized spacial score (nSPS) is 21.4. The molecule has 2 aromatic rings. The van der Waals surface area contributed by atoms with E-state index in [0.717, 1.165) is 12.8 Å². The summed E-state index contributed by atoms with van der Waals surface area (Å²) in [7, 11) is -7.30. The maximum atomic E-state index is 13.9. The minimum absolute atomic E-state index is 0.00652. The van der Waals surface area contributed by atoms with Crippen LogP contribution in [0.2, 0.25) is 41.3 Å². The number of ether oxygens (including phenoxy) is 2. The zero-order valence-electron chi connectivity index (χ0n) is 47.1. The number of esters is 2. The fourth-order valence-corrected chi connectivity index (χ4v) is 16.5. The molecular weight excluding hydrogens is 881 g/mol. The van der Waals surface area contributed by atoms with Crippen molar-refractivity contribution in [2.75, 3.05) is 19.8 Å². The van der Waals surface area contributed by atoms with Gasteiger partial charge in [0.05, 0.1) is 23.5 Å². The van der Waals surface area contributed by atoms with Crippen LogP contribution in [0.1, 0.15) is 151 Å². The molecule has 0 N–H and O–H groups in total. The Morgan fingerprint density at radius 3 is 1.43 bits per heavy atom. The van der Waals surface area contributed by atoms with E-state index >= 15 is 0 Å². The predicted molar refractivity (Wildman–Crippen MR) is 290 cm³/mol. The zero-order valence-corrected chi connectivity index (χ0v) is 50.1. The smallest absolute Gasteiger partial charge is 0.311 e. The Kier molecular flexibility index (Phi) is 19.9. The van der Waals surface area contributed by atoms with Crippen LogP contribution in [0.15, 0.2) is 60.7 Å². The maximum absolute atomic E-state index is 13.9. The minimum Gasteiger partial charge on any atom is -0.465 e. The lowest BCUT2D eigenvalue weighted by Crippen LogP contribution is -2.68.